The lowest BCUT2D eigenvalue weighted by Gasteiger charge is -2.08. The molecule has 0 aromatic carbocycles. The van der Waals surface area contributed by atoms with Crippen LogP contribution in [0.4, 0.5) is 5.69 Å². The number of amides is 1. The van der Waals surface area contributed by atoms with Crippen LogP contribution in [0.1, 0.15) is 0 Å². The maximum atomic E-state index is 12.9. The summed E-state index contributed by atoms with van der Waals surface area (Å²) in [6.45, 7) is -0.131. The maximum Gasteiger partial charge on any atom is 0.263 e. The van der Waals surface area contributed by atoms with Gasteiger partial charge >= 0.3 is 0 Å². The first-order chi connectivity index (χ1) is 13.2. The predicted octanol–water partition coefficient (Wildman–Crippen LogP) is 3.23. The number of hydrogen-bond acceptors (Lipinski definition) is 7. The maximum absolute atomic E-state index is 12.9. The molecule has 0 unspecified atom stereocenters. The van der Waals surface area contributed by atoms with Crippen LogP contribution in [0.15, 0.2) is 52.3 Å². The van der Waals surface area contributed by atoms with Crippen LogP contribution in [0.3, 0.4) is 0 Å². The highest BCUT2D eigenvalue weighted by atomic mass is 32.1. The molecule has 0 radical (unpaired) electrons. The summed E-state index contributed by atoms with van der Waals surface area (Å²) in [5.41, 5.74) is 1.15. The molecular formula is C18H14N4O3S2. The number of nitrogens with zero attached hydrogens (tertiary/aromatic N) is 3. The van der Waals surface area contributed by atoms with E-state index in [0.717, 1.165) is 10.4 Å². The van der Waals surface area contributed by atoms with E-state index in [9.17, 15) is 9.59 Å². The Kier molecular flexibility index (Phi) is 4.69. The van der Waals surface area contributed by atoms with Crippen molar-refractivity contribution in [1.29, 1.82) is 0 Å². The fraction of sp³-hybridized carbons (Fsp3) is 0.111. The van der Waals surface area contributed by atoms with Crippen LogP contribution < -0.4 is 15.6 Å². The zero-order chi connectivity index (χ0) is 18.8. The second kappa shape index (κ2) is 7.29. The highest BCUT2D eigenvalue weighted by Crippen LogP contribution is 2.33. The number of methoxy groups -OCH3 is 1. The van der Waals surface area contributed by atoms with Crippen molar-refractivity contribution in [2.24, 2.45) is 0 Å². The monoisotopic (exact) mass is 398 g/mol. The minimum atomic E-state index is -0.335. The van der Waals surface area contributed by atoms with Crippen LogP contribution in [-0.4, -0.2) is 27.6 Å². The van der Waals surface area contributed by atoms with Gasteiger partial charge in [0.05, 0.1) is 30.7 Å². The molecule has 0 atom stereocenters. The van der Waals surface area contributed by atoms with E-state index in [1.807, 2.05) is 22.9 Å². The molecule has 4 rings (SSSR count). The number of nitrogens with one attached hydrogen (secondary N) is 1. The van der Waals surface area contributed by atoms with Crippen molar-refractivity contribution >= 4 is 44.5 Å². The summed E-state index contributed by atoms with van der Waals surface area (Å²) < 4.78 is 6.30. The number of hydrogen-bond donors (Lipinski definition) is 1. The number of fused-ring (bicyclic) bond motifs is 1. The van der Waals surface area contributed by atoms with Crippen LogP contribution in [-0.2, 0) is 11.3 Å². The SMILES string of the molecule is COc1ccc(NC(=O)Cn2cnc3scc(-c4cccs4)c3c2=O)cn1. The summed E-state index contributed by atoms with van der Waals surface area (Å²) in [6, 6.07) is 7.23. The molecule has 0 aliphatic rings. The average molecular weight is 398 g/mol. The Bertz CT molecular complexity index is 1150. The summed E-state index contributed by atoms with van der Waals surface area (Å²) in [7, 11) is 1.52. The zero-order valence-corrected chi connectivity index (χ0v) is 15.8. The average Bonchev–Trinajstić information content (AvgIpc) is 3.34. The molecule has 0 saturated carbocycles. The molecule has 4 aromatic heterocycles. The van der Waals surface area contributed by atoms with Gasteiger partial charge in [-0.25, -0.2) is 9.97 Å². The number of ether oxygens (including phenoxy) is 1. The first kappa shape index (κ1) is 17.4. The topological polar surface area (TPSA) is 86.1 Å². The quantitative estimate of drug-likeness (QED) is 0.558. The van der Waals surface area contributed by atoms with Gasteiger partial charge in [-0.1, -0.05) is 6.07 Å². The summed E-state index contributed by atoms with van der Waals surface area (Å²) in [4.78, 5) is 35.3. The Morgan fingerprint density at radius 3 is 2.85 bits per heavy atom. The van der Waals surface area contributed by atoms with Gasteiger partial charge in [-0.15, -0.1) is 22.7 Å². The number of thiophene rings is 2. The molecule has 0 fully saturated rings. The molecular weight excluding hydrogens is 384 g/mol. The van der Waals surface area contributed by atoms with Crippen LogP contribution >= 0.6 is 22.7 Å². The van der Waals surface area contributed by atoms with Crippen molar-refractivity contribution in [2.45, 2.75) is 6.54 Å². The van der Waals surface area contributed by atoms with E-state index in [1.165, 1.54) is 35.5 Å². The summed E-state index contributed by atoms with van der Waals surface area (Å²) in [5, 5.41) is 7.15. The van der Waals surface area contributed by atoms with Gasteiger partial charge in [0.2, 0.25) is 11.8 Å². The van der Waals surface area contributed by atoms with Crippen LogP contribution in [0, 0.1) is 0 Å². The number of pyridine rings is 1. The van der Waals surface area contributed by atoms with Crippen LogP contribution in [0.2, 0.25) is 0 Å². The second-order valence-corrected chi connectivity index (χ2v) is 7.43. The highest BCUT2D eigenvalue weighted by molar-refractivity contribution is 7.18. The summed E-state index contributed by atoms with van der Waals surface area (Å²) in [6.07, 6.45) is 2.90. The van der Waals surface area contributed by atoms with Crippen molar-refractivity contribution in [2.75, 3.05) is 12.4 Å². The van der Waals surface area contributed by atoms with E-state index in [4.69, 9.17) is 4.74 Å². The molecule has 0 saturated heterocycles. The molecule has 1 amide bonds. The predicted molar refractivity (Wildman–Crippen MR) is 107 cm³/mol. The van der Waals surface area contributed by atoms with E-state index in [0.29, 0.717) is 21.8 Å². The molecule has 9 heteroatoms. The first-order valence-electron chi connectivity index (χ1n) is 7.96. The van der Waals surface area contributed by atoms with Gasteiger partial charge in [-0.3, -0.25) is 14.2 Å². The lowest BCUT2D eigenvalue weighted by Crippen LogP contribution is -2.27. The molecule has 27 heavy (non-hydrogen) atoms. The molecule has 0 bridgehead atoms. The Labute approximate surface area is 161 Å². The van der Waals surface area contributed by atoms with Crippen molar-refractivity contribution in [1.82, 2.24) is 14.5 Å². The normalized spacial score (nSPS) is 10.9. The van der Waals surface area contributed by atoms with E-state index in [-0.39, 0.29) is 18.0 Å². The summed E-state index contributed by atoms with van der Waals surface area (Å²) in [5.74, 6) is 0.121. The Hall–Kier alpha value is -3.04. The van der Waals surface area contributed by atoms with Gasteiger partial charge < -0.3 is 10.1 Å². The fourth-order valence-corrected chi connectivity index (χ4v) is 4.34. The molecule has 136 valence electrons. The smallest absolute Gasteiger partial charge is 0.263 e. The lowest BCUT2D eigenvalue weighted by molar-refractivity contribution is -0.116. The molecule has 7 nitrogen and oxygen atoms in total. The third-order valence-corrected chi connectivity index (χ3v) is 5.68. The van der Waals surface area contributed by atoms with E-state index in [2.05, 4.69) is 15.3 Å². The second-order valence-electron chi connectivity index (χ2n) is 5.62. The third-order valence-electron chi connectivity index (χ3n) is 3.89. The van der Waals surface area contributed by atoms with Gasteiger partial charge in [0.25, 0.3) is 5.56 Å². The van der Waals surface area contributed by atoms with Crippen molar-refractivity contribution in [3.63, 3.8) is 0 Å². The number of anilines is 1. The number of carbonyl (C=O) groups is 1. The largest absolute Gasteiger partial charge is 0.481 e. The first-order valence-corrected chi connectivity index (χ1v) is 9.72. The number of carbonyl (C=O) groups excluding carboxylic acids is 1. The van der Waals surface area contributed by atoms with Crippen molar-refractivity contribution < 1.29 is 9.53 Å². The number of aromatic nitrogens is 3. The standard InChI is InChI=1S/C18H14N4O3S2/c1-25-15-5-4-11(7-19-15)21-14(23)8-22-10-20-17-16(18(22)24)12(9-27-17)13-3-2-6-26-13/h2-7,9-10H,8H2,1H3,(H,21,23). The molecule has 4 aromatic rings. The van der Waals surface area contributed by atoms with E-state index in [1.54, 1.807) is 23.5 Å². The van der Waals surface area contributed by atoms with Crippen LogP contribution in [0.25, 0.3) is 20.7 Å². The Morgan fingerprint density at radius 2 is 2.15 bits per heavy atom. The molecule has 1 N–H and O–H groups in total. The highest BCUT2D eigenvalue weighted by Gasteiger charge is 2.15. The van der Waals surface area contributed by atoms with Crippen molar-refractivity contribution in [3.05, 3.63) is 57.9 Å². The Morgan fingerprint density at radius 1 is 1.26 bits per heavy atom. The van der Waals surface area contributed by atoms with Gasteiger partial charge in [0.1, 0.15) is 11.4 Å². The summed E-state index contributed by atoms with van der Waals surface area (Å²) >= 11 is 2.98. The molecule has 4 heterocycles. The van der Waals surface area contributed by atoms with Gasteiger partial charge in [-0.2, -0.15) is 0 Å². The molecule has 0 spiro atoms. The third kappa shape index (κ3) is 3.46. The molecule has 0 aliphatic heterocycles. The van der Waals surface area contributed by atoms with Crippen molar-refractivity contribution in [3.8, 4) is 16.3 Å². The molecule has 0 aliphatic carbocycles. The lowest BCUT2D eigenvalue weighted by atomic mass is 10.2. The van der Waals surface area contributed by atoms with Gasteiger partial charge in [0, 0.05) is 21.9 Å². The van der Waals surface area contributed by atoms with Gasteiger partial charge in [-0.05, 0) is 17.5 Å². The van der Waals surface area contributed by atoms with E-state index >= 15 is 0 Å². The minimum absolute atomic E-state index is 0.131. The van der Waals surface area contributed by atoms with Gasteiger partial charge in [0.15, 0.2) is 0 Å². The number of rotatable bonds is 5. The minimum Gasteiger partial charge on any atom is -0.481 e. The fourth-order valence-electron chi connectivity index (χ4n) is 2.62. The zero-order valence-electron chi connectivity index (χ0n) is 14.2. The Balaban J connectivity index is 1.60. The van der Waals surface area contributed by atoms with E-state index < -0.39 is 0 Å². The van der Waals surface area contributed by atoms with Crippen LogP contribution in [0.5, 0.6) is 5.88 Å².